The standard InChI is InChI=1S/C16H10Br2O.C16H9BrO.2CH4/c17-13-7-3-4-8-15(13)19-16-10-12-6-2-1-5-11(12)9-14(16)18;17-13-9-10-5-1-2-6-11(10)15-12-7-3-4-8-14(12)18-16(13)15;;/h1-10H;1-9H;2*1H4. The van der Waals surface area contributed by atoms with Crippen molar-refractivity contribution in [3.63, 3.8) is 0 Å². The molecule has 0 atom stereocenters. The van der Waals surface area contributed by atoms with Crippen LogP contribution >= 0.6 is 47.8 Å². The van der Waals surface area contributed by atoms with Crippen LogP contribution in [0.2, 0.25) is 0 Å². The molecule has 0 saturated carbocycles. The molecule has 7 rings (SSSR count). The van der Waals surface area contributed by atoms with E-state index in [1.165, 1.54) is 26.9 Å². The fraction of sp³-hybridized carbons (Fsp3) is 0.0588. The van der Waals surface area contributed by atoms with Crippen LogP contribution in [0.15, 0.2) is 133 Å². The zero-order valence-electron chi connectivity index (χ0n) is 19.4. The molecule has 5 heteroatoms. The summed E-state index contributed by atoms with van der Waals surface area (Å²) in [6.45, 7) is 0. The summed E-state index contributed by atoms with van der Waals surface area (Å²) in [4.78, 5) is 0. The Hall–Kier alpha value is -3.12. The first kappa shape index (κ1) is 28.9. The number of ether oxygens (including phenoxy) is 1. The molecule has 196 valence electrons. The van der Waals surface area contributed by atoms with E-state index in [1.807, 2.05) is 60.7 Å². The van der Waals surface area contributed by atoms with E-state index in [0.717, 1.165) is 41.5 Å². The topological polar surface area (TPSA) is 22.4 Å². The van der Waals surface area contributed by atoms with Crippen LogP contribution in [0.3, 0.4) is 0 Å². The van der Waals surface area contributed by atoms with Crippen LogP contribution in [0, 0.1) is 0 Å². The van der Waals surface area contributed by atoms with Gasteiger partial charge in [0.2, 0.25) is 0 Å². The van der Waals surface area contributed by atoms with E-state index >= 15 is 0 Å². The van der Waals surface area contributed by atoms with E-state index in [-0.39, 0.29) is 14.9 Å². The molecule has 0 aliphatic rings. The average Bonchev–Trinajstić information content (AvgIpc) is 3.32. The third-order valence-corrected chi connectivity index (χ3v) is 8.05. The van der Waals surface area contributed by atoms with Crippen molar-refractivity contribution in [3.8, 4) is 11.5 Å². The van der Waals surface area contributed by atoms with Gasteiger partial charge in [0.15, 0.2) is 0 Å². The van der Waals surface area contributed by atoms with Gasteiger partial charge in [0, 0.05) is 10.8 Å². The fourth-order valence-corrected chi connectivity index (χ4v) is 5.78. The predicted molar refractivity (Wildman–Crippen MR) is 178 cm³/mol. The number of benzene rings is 6. The molecule has 0 aliphatic heterocycles. The Labute approximate surface area is 254 Å². The predicted octanol–water partition coefficient (Wildman–Crippen LogP) is 12.9. The highest BCUT2D eigenvalue weighted by Gasteiger charge is 2.13. The second-order valence-corrected chi connectivity index (χ2v) is 11.1. The van der Waals surface area contributed by atoms with Crippen molar-refractivity contribution in [1.82, 2.24) is 0 Å². The van der Waals surface area contributed by atoms with E-state index in [4.69, 9.17) is 9.15 Å². The third-order valence-electron chi connectivity index (χ3n) is 6.18. The highest BCUT2D eigenvalue weighted by Crippen LogP contribution is 2.39. The molecule has 7 aromatic rings. The van der Waals surface area contributed by atoms with Crippen LogP contribution in [0.1, 0.15) is 14.9 Å². The summed E-state index contributed by atoms with van der Waals surface area (Å²) in [5.41, 5.74) is 1.86. The van der Waals surface area contributed by atoms with Crippen molar-refractivity contribution in [2.45, 2.75) is 14.9 Å². The molecule has 1 aromatic heterocycles. The number of rotatable bonds is 2. The zero-order valence-corrected chi connectivity index (χ0v) is 24.2. The summed E-state index contributed by atoms with van der Waals surface area (Å²) in [7, 11) is 0. The molecule has 39 heavy (non-hydrogen) atoms. The minimum Gasteiger partial charge on any atom is -0.455 e. The maximum Gasteiger partial charge on any atom is 0.150 e. The van der Waals surface area contributed by atoms with Crippen LogP contribution in [0.25, 0.3) is 43.5 Å². The molecule has 0 aliphatic carbocycles. The highest BCUT2D eigenvalue weighted by molar-refractivity contribution is 9.11. The van der Waals surface area contributed by atoms with Gasteiger partial charge in [-0.05, 0) is 106 Å². The average molecular weight is 707 g/mol. The molecule has 2 nitrogen and oxygen atoms in total. The normalized spacial score (nSPS) is 10.5. The Morgan fingerprint density at radius 3 is 1.79 bits per heavy atom. The molecule has 0 amide bonds. The largest absolute Gasteiger partial charge is 0.455 e. The first-order valence-corrected chi connectivity index (χ1v) is 14.1. The number of fused-ring (bicyclic) bond motifs is 6. The van der Waals surface area contributed by atoms with Gasteiger partial charge in [-0.1, -0.05) is 93.7 Å². The number of furan rings is 1. The van der Waals surface area contributed by atoms with Gasteiger partial charge >= 0.3 is 0 Å². The van der Waals surface area contributed by atoms with E-state index in [0.29, 0.717) is 0 Å². The minimum atomic E-state index is 0. The molecule has 6 aromatic carbocycles. The van der Waals surface area contributed by atoms with Crippen LogP contribution in [0.5, 0.6) is 11.5 Å². The van der Waals surface area contributed by atoms with Crippen LogP contribution in [0.4, 0.5) is 0 Å². The fourth-order valence-electron chi connectivity index (χ4n) is 4.45. The van der Waals surface area contributed by atoms with Crippen molar-refractivity contribution in [3.05, 3.63) is 129 Å². The number of hydrogen-bond donors (Lipinski definition) is 0. The van der Waals surface area contributed by atoms with E-state index in [1.54, 1.807) is 0 Å². The van der Waals surface area contributed by atoms with Gasteiger partial charge < -0.3 is 9.15 Å². The second-order valence-electron chi connectivity index (χ2n) is 8.54. The Bertz CT molecular complexity index is 1910. The maximum atomic E-state index is 5.95. The molecule has 0 unspecified atom stereocenters. The molecule has 0 N–H and O–H groups in total. The van der Waals surface area contributed by atoms with Gasteiger partial charge in [-0.15, -0.1) is 0 Å². The van der Waals surface area contributed by atoms with Crippen LogP contribution < -0.4 is 4.74 Å². The summed E-state index contributed by atoms with van der Waals surface area (Å²) in [5.74, 6) is 1.61. The van der Waals surface area contributed by atoms with Gasteiger partial charge in [-0.25, -0.2) is 0 Å². The molecule has 0 saturated heterocycles. The zero-order chi connectivity index (χ0) is 25.4. The smallest absolute Gasteiger partial charge is 0.150 e. The van der Waals surface area contributed by atoms with E-state index in [9.17, 15) is 0 Å². The Balaban J connectivity index is 0.000000172. The SMILES string of the molecule is Brc1cc2ccccc2c2c1oc1ccccc12.Brc1ccccc1Oc1cc2ccccc2cc1Br.C.C. The molecule has 1 heterocycles. The third kappa shape index (κ3) is 5.76. The number of para-hydroxylation sites is 2. The van der Waals surface area contributed by atoms with Gasteiger partial charge in [-0.2, -0.15) is 0 Å². The van der Waals surface area contributed by atoms with Crippen LogP contribution in [-0.4, -0.2) is 0 Å². The Morgan fingerprint density at radius 1 is 0.487 bits per heavy atom. The maximum absolute atomic E-state index is 5.95. The molecular weight excluding hydrogens is 680 g/mol. The summed E-state index contributed by atoms with van der Waals surface area (Å²) in [6, 6.07) is 38.8. The van der Waals surface area contributed by atoms with Gasteiger partial charge in [0.05, 0.1) is 13.4 Å². The lowest BCUT2D eigenvalue weighted by atomic mass is 10.0. The second kappa shape index (κ2) is 12.4. The van der Waals surface area contributed by atoms with Gasteiger partial charge in [-0.3, -0.25) is 0 Å². The first-order chi connectivity index (χ1) is 18.1. The van der Waals surface area contributed by atoms with Gasteiger partial charge in [0.1, 0.15) is 22.7 Å². The lowest BCUT2D eigenvalue weighted by Crippen LogP contribution is -1.87. The van der Waals surface area contributed by atoms with Crippen molar-refractivity contribution >= 4 is 91.3 Å². The lowest BCUT2D eigenvalue weighted by Gasteiger charge is -2.10. The Kier molecular flexibility index (Phi) is 9.16. The first-order valence-electron chi connectivity index (χ1n) is 11.7. The van der Waals surface area contributed by atoms with E-state index in [2.05, 4.69) is 102 Å². The van der Waals surface area contributed by atoms with Crippen molar-refractivity contribution < 1.29 is 9.15 Å². The lowest BCUT2D eigenvalue weighted by molar-refractivity contribution is 0.477. The summed E-state index contributed by atoms with van der Waals surface area (Å²) in [6.07, 6.45) is 0. The van der Waals surface area contributed by atoms with Crippen molar-refractivity contribution in [1.29, 1.82) is 0 Å². The molecular formula is C34H27Br3O2. The highest BCUT2D eigenvalue weighted by atomic mass is 79.9. The van der Waals surface area contributed by atoms with E-state index < -0.39 is 0 Å². The number of halogens is 3. The Morgan fingerprint density at radius 2 is 1.05 bits per heavy atom. The minimum absolute atomic E-state index is 0. The monoisotopic (exact) mass is 704 g/mol. The molecule has 0 fully saturated rings. The number of hydrogen-bond acceptors (Lipinski definition) is 2. The summed E-state index contributed by atoms with van der Waals surface area (Å²) >= 11 is 10.6. The summed E-state index contributed by atoms with van der Waals surface area (Å²) < 4.78 is 14.8. The quantitative estimate of drug-likeness (QED) is 0.179. The van der Waals surface area contributed by atoms with Crippen molar-refractivity contribution in [2.75, 3.05) is 0 Å². The molecule has 0 spiro atoms. The van der Waals surface area contributed by atoms with Crippen molar-refractivity contribution in [2.24, 2.45) is 0 Å². The molecule has 0 bridgehead atoms. The summed E-state index contributed by atoms with van der Waals surface area (Å²) in [5, 5.41) is 7.17. The molecule has 0 radical (unpaired) electrons. The van der Waals surface area contributed by atoms with Gasteiger partial charge in [0.25, 0.3) is 0 Å². The van der Waals surface area contributed by atoms with Crippen LogP contribution in [-0.2, 0) is 0 Å².